The highest BCUT2D eigenvalue weighted by atomic mass is 16.6. The molecule has 3 N–H and O–H groups in total. The molecule has 1 aromatic heterocycles. The molecule has 0 aromatic carbocycles. The first-order chi connectivity index (χ1) is 8.28. The zero-order chi connectivity index (χ0) is 13.8. The van der Waals surface area contributed by atoms with Crippen molar-refractivity contribution in [2.75, 3.05) is 0 Å². The lowest BCUT2D eigenvalue weighted by Gasteiger charge is -2.22. The van der Waals surface area contributed by atoms with Crippen molar-refractivity contribution in [3.8, 4) is 0 Å². The number of carboxylic acid groups (broad SMARTS) is 1. The maximum Gasteiger partial charge on any atom is 0.408 e. The lowest BCUT2D eigenvalue weighted by Crippen LogP contribution is -2.35. The molecule has 1 atom stereocenters. The molecule has 0 aliphatic carbocycles. The summed E-state index contributed by atoms with van der Waals surface area (Å²) < 4.78 is 5.09. The van der Waals surface area contributed by atoms with Gasteiger partial charge in [0.25, 0.3) is 0 Å². The molecule has 18 heavy (non-hydrogen) atoms. The van der Waals surface area contributed by atoms with Crippen LogP contribution in [0.15, 0.2) is 18.3 Å². The fourth-order valence-electron chi connectivity index (χ4n) is 1.42. The molecule has 1 aromatic rings. The van der Waals surface area contributed by atoms with Crippen LogP contribution in [0.3, 0.4) is 0 Å². The van der Waals surface area contributed by atoms with Crippen LogP contribution in [-0.2, 0) is 9.53 Å². The first-order valence-electron chi connectivity index (χ1n) is 5.62. The molecular weight excluding hydrogens is 236 g/mol. The molecule has 0 aliphatic rings. The molecule has 1 amide bonds. The van der Waals surface area contributed by atoms with Gasteiger partial charge in [0.15, 0.2) is 0 Å². The summed E-state index contributed by atoms with van der Waals surface area (Å²) in [5.74, 6) is -0.995. The molecule has 6 nitrogen and oxygen atoms in total. The van der Waals surface area contributed by atoms with Crippen molar-refractivity contribution in [3.63, 3.8) is 0 Å². The third kappa shape index (κ3) is 4.90. The first kappa shape index (κ1) is 14.1. The van der Waals surface area contributed by atoms with E-state index in [2.05, 4.69) is 10.3 Å². The van der Waals surface area contributed by atoms with Crippen molar-refractivity contribution in [2.24, 2.45) is 0 Å². The Morgan fingerprint density at radius 3 is 2.61 bits per heavy atom. The van der Waals surface area contributed by atoms with Crippen molar-refractivity contribution >= 4 is 12.1 Å². The van der Waals surface area contributed by atoms with Gasteiger partial charge in [-0.25, -0.2) is 4.79 Å². The Hall–Kier alpha value is -1.98. The first-order valence-corrected chi connectivity index (χ1v) is 5.62. The van der Waals surface area contributed by atoms with Gasteiger partial charge in [-0.3, -0.25) is 4.79 Å². The fraction of sp³-hybridized carbons (Fsp3) is 0.500. The van der Waals surface area contributed by atoms with E-state index in [0.717, 1.165) is 0 Å². The van der Waals surface area contributed by atoms with Crippen LogP contribution in [-0.4, -0.2) is 27.8 Å². The van der Waals surface area contributed by atoms with Crippen molar-refractivity contribution in [1.29, 1.82) is 0 Å². The second kappa shape index (κ2) is 5.57. The number of aromatic nitrogens is 1. The monoisotopic (exact) mass is 254 g/mol. The normalized spacial score (nSPS) is 12.8. The summed E-state index contributed by atoms with van der Waals surface area (Å²) in [5, 5.41) is 11.4. The van der Waals surface area contributed by atoms with E-state index < -0.39 is 23.7 Å². The second-order valence-electron chi connectivity index (χ2n) is 4.92. The largest absolute Gasteiger partial charge is 0.481 e. The topological polar surface area (TPSA) is 91.4 Å². The van der Waals surface area contributed by atoms with Crippen molar-refractivity contribution in [1.82, 2.24) is 10.3 Å². The summed E-state index contributed by atoms with van der Waals surface area (Å²) >= 11 is 0. The summed E-state index contributed by atoms with van der Waals surface area (Å²) in [6.07, 6.45) is 0.823. The lowest BCUT2D eigenvalue weighted by atomic mass is 10.1. The van der Waals surface area contributed by atoms with Crippen molar-refractivity contribution in [2.45, 2.75) is 38.8 Å². The van der Waals surface area contributed by atoms with Gasteiger partial charge in [-0.2, -0.15) is 0 Å². The van der Waals surface area contributed by atoms with Gasteiger partial charge in [0, 0.05) is 11.9 Å². The number of aliphatic carboxylic acids is 1. The van der Waals surface area contributed by atoms with Crippen LogP contribution in [0.1, 0.15) is 38.9 Å². The number of hydrogen-bond donors (Lipinski definition) is 3. The third-order valence-corrected chi connectivity index (χ3v) is 2.07. The maximum absolute atomic E-state index is 11.6. The predicted octanol–water partition coefficient (Wildman–Crippen LogP) is 2.06. The molecule has 100 valence electrons. The smallest absolute Gasteiger partial charge is 0.408 e. The van der Waals surface area contributed by atoms with Crippen LogP contribution in [0, 0.1) is 0 Å². The standard InChI is InChI=1S/C12H18N2O4/c1-12(2,3)18-11(17)14-9(7-10(15)16)8-5-4-6-13-8/h4-6,9,13H,7H2,1-3H3,(H,14,17)(H,15,16)/t9-/m0/s1. The number of carboxylic acids is 1. The van der Waals surface area contributed by atoms with Crippen molar-refractivity contribution < 1.29 is 19.4 Å². The van der Waals surface area contributed by atoms with Crippen LogP contribution in [0.2, 0.25) is 0 Å². The van der Waals surface area contributed by atoms with Gasteiger partial charge < -0.3 is 20.1 Å². The predicted molar refractivity (Wildman–Crippen MR) is 65.2 cm³/mol. The lowest BCUT2D eigenvalue weighted by molar-refractivity contribution is -0.137. The van der Waals surface area contributed by atoms with Crippen LogP contribution in [0.25, 0.3) is 0 Å². The summed E-state index contributed by atoms with van der Waals surface area (Å²) in [6, 6.07) is 2.82. The SMILES string of the molecule is CC(C)(C)OC(=O)N[C@@H](CC(=O)O)c1ccc[nH]1. The van der Waals surface area contributed by atoms with E-state index in [9.17, 15) is 9.59 Å². The number of rotatable bonds is 4. The Morgan fingerprint density at radius 2 is 2.17 bits per heavy atom. The highest BCUT2D eigenvalue weighted by Gasteiger charge is 2.22. The average molecular weight is 254 g/mol. The Balaban J connectivity index is 2.68. The average Bonchev–Trinajstić information content (AvgIpc) is 2.64. The van der Waals surface area contributed by atoms with Crippen LogP contribution in [0.4, 0.5) is 4.79 Å². The molecule has 1 heterocycles. The number of alkyl carbamates (subject to hydrolysis) is 1. The molecule has 0 saturated carbocycles. The number of carbonyl (C=O) groups excluding carboxylic acids is 1. The Bertz CT molecular complexity index is 406. The molecule has 0 saturated heterocycles. The minimum atomic E-state index is -0.995. The molecule has 1 rings (SSSR count). The van der Waals surface area contributed by atoms with Gasteiger partial charge in [-0.1, -0.05) is 0 Å². The van der Waals surface area contributed by atoms with E-state index in [-0.39, 0.29) is 6.42 Å². The van der Waals surface area contributed by atoms with Gasteiger partial charge in [-0.05, 0) is 32.9 Å². The molecular formula is C12H18N2O4. The molecule has 0 radical (unpaired) electrons. The molecule has 0 aliphatic heterocycles. The number of nitrogens with one attached hydrogen (secondary N) is 2. The van der Waals surface area contributed by atoms with Gasteiger partial charge in [0.2, 0.25) is 0 Å². The van der Waals surface area contributed by atoms with Crippen LogP contribution >= 0.6 is 0 Å². The minimum Gasteiger partial charge on any atom is -0.481 e. The van der Waals surface area contributed by atoms with Gasteiger partial charge in [0.05, 0.1) is 12.5 Å². The molecule has 0 bridgehead atoms. The third-order valence-electron chi connectivity index (χ3n) is 2.07. The number of ether oxygens (including phenoxy) is 1. The molecule has 6 heteroatoms. The van der Waals surface area contributed by atoms with Crippen LogP contribution < -0.4 is 5.32 Å². The maximum atomic E-state index is 11.6. The highest BCUT2D eigenvalue weighted by Crippen LogP contribution is 2.16. The van der Waals surface area contributed by atoms with E-state index in [1.165, 1.54) is 0 Å². The molecule has 0 unspecified atom stereocenters. The van der Waals surface area contributed by atoms with Crippen LogP contribution in [0.5, 0.6) is 0 Å². The summed E-state index contributed by atoms with van der Waals surface area (Å²) in [6.45, 7) is 5.23. The van der Waals surface area contributed by atoms with Gasteiger partial charge in [0.1, 0.15) is 5.60 Å². The number of H-pyrrole nitrogens is 1. The fourth-order valence-corrected chi connectivity index (χ4v) is 1.42. The van der Waals surface area contributed by atoms with E-state index in [1.54, 1.807) is 39.1 Å². The van der Waals surface area contributed by atoms with E-state index in [0.29, 0.717) is 5.69 Å². The molecule has 0 fully saturated rings. The number of amides is 1. The number of carbonyl (C=O) groups is 2. The Morgan fingerprint density at radius 1 is 1.50 bits per heavy atom. The van der Waals surface area contributed by atoms with E-state index >= 15 is 0 Å². The number of aromatic amines is 1. The summed E-state index contributed by atoms with van der Waals surface area (Å²) in [7, 11) is 0. The minimum absolute atomic E-state index is 0.209. The Labute approximate surface area is 105 Å². The summed E-state index contributed by atoms with van der Waals surface area (Å²) in [5.41, 5.74) is 0.0105. The quantitative estimate of drug-likeness (QED) is 0.766. The zero-order valence-corrected chi connectivity index (χ0v) is 10.7. The van der Waals surface area contributed by atoms with Gasteiger partial charge in [-0.15, -0.1) is 0 Å². The summed E-state index contributed by atoms with van der Waals surface area (Å²) in [4.78, 5) is 25.2. The zero-order valence-electron chi connectivity index (χ0n) is 10.7. The number of hydrogen-bond acceptors (Lipinski definition) is 3. The van der Waals surface area contributed by atoms with E-state index in [1.807, 2.05) is 0 Å². The second-order valence-corrected chi connectivity index (χ2v) is 4.92. The molecule has 0 spiro atoms. The van der Waals surface area contributed by atoms with Crippen molar-refractivity contribution in [3.05, 3.63) is 24.0 Å². The highest BCUT2D eigenvalue weighted by molar-refractivity contribution is 5.72. The van der Waals surface area contributed by atoms with Gasteiger partial charge >= 0.3 is 12.1 Å². The Kier molecular flexibility index (Phi) is 4.36. The van der Waals surface area contributed by atoms with E-state index in [4.69, 9.17) is 9.84 Å².